The lowest BCUT2D eigenvalue weighted by Gasteiger charge is -2.25. The number of benzene rings is 1. The number of carbonyl (C=O) groups is 2. The van der Waals surface area contributed by atoms with Crippen LogP contribution in [-0.2, 0) is 9.59 Å². The molecule has 1 aromatic rings. The summed E-state index contributed by atoms with van der Waals surface area (Å²) in [5, 5.41) is 2.93. The summed E-state index contributed by atoms with van der Waals surface area (Å²) in [6, 6.07) is 8.42. The number of nitrogens with one attached hydrogen (secondary N) is 1. The molecule has 0 aromatic heterocycles. The van der Waals surface area contributed by atoms with Gasteiger partial charge in [-0.05, 0) is 49.8 Å². The summed E-state index contributed by atoms with van der Waals surface area (Å²) in [6.45, 7) is 1.45. The van der Waals surface area contributed by atoms with E-state index in [9.17, 15) is 9.59 Å². The molecule has 1 atom stereocenters. The molecule has 124 valence electrons. The topological polar surface area (TPSA) is 49.4 Å². The third-order valence-electron chi connectivity index (χ3n) is 4.62. The molecule has 0 spiro atoms. The molecule has 1 saturated carbocycles. The van der Waals surface area contributed by atoms with Gasteiger partial charge in [-0.1, -0.05) is 28.1 Å². The van der Waals surface area contributed by atoms with E-state index in [-0.39, 0.29) is 23.8 Å². The Kier molecular flexibility index (Phi) is 5.36. The van der Waals surface area contributed by atoms with Crippen molar-refractivity contribution >= 4 is 27.7 Å². The molecular formula is C18H23BrN2O2. The molecule has 0 radical (unpaired) electrons. The molecule has 1 aliphatic carbocycles. The second kappa shape index (κ2) is 7.47. The fourth-order valence-electron chi connectivity index (χ4n) is 3.21. The van der Waals surface area contributed by atoms with Crippen LogP contribution in [-0.4, -0.2) is 29.8 Å². The molecule has 0 bridgehead atoms. The summed E-state index contributed by atoms with van der Waals surface area (Å²) < 4.78 is 1.05. The first-order valence-electron chi connectivity index (χ1n) is 8.48. The molecule has 1 heterocycles. The van der Waals surface area contributed by atoms with Crippen LogP contribution in [0.2, 0.25) is 0 Å². The third-order valence-corrected chi connectivity index (χ3v) is 5.11. The summed E-state index contributed by atoms with van der Waals surface area (Å²) >= 11 is 3.50. The first-order chi connectivity index (χ1) is 11.1. The number of carbonyl (C=O) groups excluding carboxylic acids is 2. The fourth-order valence-corrected chi connectivity index (χ4v) is 3.63. The monoisotopic (exact) mass is 378 g/mol. The molecule has 2 fully saturated rings. The summed E-state index contributed by atoms with van der Waals surface area (Å²) in [5.41, 5.74) is 1.20. The molecule has 5 heteroatoms. The first-order valence-corrected chi connectivity index (χ1v) is 9.27. The van der Waals surface area contributed by atoms with Crippen molar-refractivity contribution in [2.24, 2.45) is 5.92 Å². The second-order valence-corrected chi connectivity index (χ2v) is 7.38. The van der Waals surface area contributed by atoms with E-state index in [1.165, 1.54) is 5.56 Å². The highest BCUT2D eigenvalue weighted by atomic mass is 79.9. The van der Waals surface area contributed by atoms with Crippen LogP contribution in [0.4, 0.5) is 0 Å². The SMILES string of the molecule is O=C(NCCCC(=O)N1CCC[C@H]1c1cccc(Br)c1)C1CC1. The Morgan fingerprint density at radius 1 is 1.26 bits per heavy atom. The van der Waals surface area contributed by atoms with Crippen molar-refractivity contribution in [3.63, 3.8) is 0 Å². The largest absolute Gasteiger partial charge is 0.356 e. The zero-order chi connectivity index (χ0) is 16.2. The molecule has 1 aliphatic heterocycles. The third kappa shape index (κ3) is 4.34. The van der Waals surface area contributed by atoms with Crippen molar-refractivity contribution < 1.29 is 9.59 Å². The first kappa shape index (κ1) is 16.5. The summed E-state index contributed by atoms with van der Waals surface area (Å²) in [6.07, 6.45) is 5.36. The molecular weight excluding hydrogens is 356 g/mol. The molecule has 0 unspecified atom stereocenters. The highest BCUT2D eigenvalue weighted by molar-refractivity contribution is 9.10. The summed E-state index contributed by atoms with van der Waals surface area (Å²) in [4.78, 5) is 26.1. The maximum atomic E-state index is 12.5. The minimum Gasteiger partial charge on any atom is -0.356 e. The Morgan fingerprint density at radius 3 is 2.83 bits per heavy atom. The smallest absolute Gasteiger partial charge is 0.223 e. The number of rotatable bonds is 6. The van der Waals surface area contributed by atoms with Crippen molar-refractivity contribution in [2.75, 3.05) is 13.1 Å². The number of halogens is 1. The number of hydrogen-bond donors (Lipinski definition) is 1. The normalized spacial score (nSPS) is 20.6. The van der Waals surface area contributed by atoms with E-state index in [0.717, 1.165) is 43.1 Å². The standard InChI is InChI=1S/C18H23BrN2O2/c19-15-5-1-4-14(12-15)16-6-3-11-21(16)17(22)7-2-10-20-18(23)13-8-9-13/h1,4-5,12-13,16H,2-3,6-11H2,(H,20,23)/t16-/m0/s1. The molecule has 1 saturated heterocycles. The van der Waals surface area contributed by atoms with Crippen LogP contribution in [0.5, 0.6) is 0 Å². The van der Waals surface area contributed by atoms with Crippen molar-refractivity contribution in [3.8, 4) is 0 Å². The zero-order valence-electron chi connectivity index (χ0n) is 13.3. The van der Waals surface area contributed by atoms with Gasteiger partial charge in [0.15, 0.2) is 0 Å². The van der Waals surface area contributed by atoms with Crippen LogP contribution >= 0.6 is 15.9 Å². The minimum atomic E-state index is 0.158. The van der Waals surface area contributed by atoms with E-state index in [1.54, 1.807) is 0 Å². The molecule has 2 amide bonds. The van der Waals surface area contributed by atoms with Gasteiger partial charge < -0.3 is 10.2 Å². The highest BCUT2D eigenvalue weighted by Gasteiger charge is 2.30. The van der Waals surface area contributed by atoms with E-state index in [4.69, 9.17) is 0 Å². The van der Waals surface area contributed by atoms with E-state index in [2.05, 4.69) is 33.4 Å². The van der Waals surface area contributed by atoms with Crippen LogP contribution in [0.3, 0.4) is 0 Å². The van der Waals surface area contributed by atoms with Gasteiger partial charge in [0.25, 0.3) is 0 Å². The molecule has 1 N–H and O–H groups in total. The maximum absolute atomic E-state index is 12.5. The van der Waals surface area contributed by atoms with E-state index >= 15 is 0 Å². The Hall–Kier alpha value is -1.36. The second-order valence-electron chi connectivity index (χ2n) is 6.47. The van der Waals surface area contributed by atoms with Crippen molar-refractivity contribution in [1.29, 1.82) is 0 Å². The average Bonchev–Trinajstić information content (AvgIpc) is 3.28. The highest BCUT2D eigenvalue weighted by Crippen LogP contribution is 2.33. The van der Waals surface area contributed by atoms with Crippen molar-refractivity contribution in [3.05, 3.63) is 34.3 Å². The van der Waals surface area contributed by atoms with Crippen molar-refractivity contribution in [2.45, 2.75) is 44.6 Å². The minimum absolute atomic E-state index is 0.158. The van der Waals surface area contributed by atoms with Crippen LogP contribution in [0.25, 0.3) is 0 Å². The average molecular weight is 379 g/mol. The van der Waals surface area contributed by atoms with Crippen LogP contribution in [0.1, 0.15) is 50.1 Å². The van der Waals surface area contributed by atoms with Gasteiger partial charge in [0.05, 0.1) is 6.04 Å². The quantitative estimate of drug-likeness (QED) is 0.770. The van der Waals surface area contributed by atoms with Crippen LogP contribution in [0.15, 0.2) is 28.7 Å². The fraction of sp³-hybridized carbons (Fsp3) is 0.556. The number of amides is 2. The van der Waals surface area contributed by atoms with Crippen LogP contribution < -0.4 is 5.32 Å². The lowest BCUT2D eigenvalue weighted by atomic mass is 10.0. The Bertz CT molecular complexity index is 586. The number of hydrogen-bond acceptors (Lipinski definition) is 2. The summed E-state index contributed by atoms with van der Waals surface area (Å²) in [5.74, 6) is 0.601. The Labute approximate surface area is 145 Å². The maximum Gasteiger partial charge on any atom is 0.223 e. The Balaban J connectivity index is 1.48. The van der Waals surface area contributed by atoms with Gasteiger partial charge in [-0.15, -0.1) is 0 Å². The van der Waals surface area contributed by atoms with Crippen LogP contribution in [0, 0.1) is 5.92 Å². The predicted octanol–water partition coefficient (Wildman–Crippen LogP) is 3.42. The van der Waals surface area contributed by atoms with Gasteiger partial charge in [0.2, 0.25) is 11.8 Å². The van der Waals surface area contributed by atoms with Gasteiger partial charge in [-0.3, -0.25) is 9.59 Å². The van der Waals surface area contributed by atoms with Gasteiger partial charge >= 0.3 is 0 Å². The van der Waals surface area contributed by atoms with Crippen molar-refractivity contribution in [1.82, 2.24) is 10.2 Å². The number of nitrogens with zero attached hydrogens (tertiary/aromatic N) is 1. The van der Waals surface area contributed by atoms with Gasteiger partial charge in [-0.2, -0.15) is 0 Å². The number of likely N-dealkylation sites (tertiary alicyclic amines) is 1. The van der Waals surface area contributed by atoms with Gasteiger partial charge in [0, 0.05) is 29.9 Å². The molecule has 3 rings (SSSR count). The molecule has 23 heavy (non-hydrogen) atoms. The lowest BCUT2D eigenvalue weighted by Crippen LogP contribution is -2.32. The summed E-state index contributed by atoms with van der Waals surface area (Å²) in [7, 11) is 0. The van der Waals surface area contributed by atoms with E-state index < -0.39 is 0 Å². The molecule has 2 aliphatic rings. The van der Waals surface area contributed by atoms with Gasteiger partial charge in [0.1, 0.15) is 0 Å². The lowest BCUT2D eigenvalue weighted by molar-refractivity contribution is -0.132. The predicted molar refractivity (Wildman–Crippen MR) is 92.8 cm³/mol. The molecule has 4 nitrogen and oxygen atoms in total. The van der Waals surface area contributed by atoms with E-state index in [0.29, 0.717) is 13.0 Å². The van der Waals surface area contributed by atoms with Gasteiger partial charge in [-0.25, -0.2) is 0 Å². The zero-order valence-corrected chi connectivity index (χ0v) is 14.8. The van der Waals surface area contributed by atoms with E-state index in [1.807, 2.05) is 17.0 Å². The Morgan fingerprint density at radius 2 is 2.09 bits per heavy atom. The molecule has 1 aromatic carbocycles.